The molecule has 4 heteroatoms. The molecule has 16 heavy (non-hydrogen) atoms. The molecule has 0 aliphatic heterocycles. The van der Waals surface area contributed by atoms with E-state index in [1.54, 1.807) is 6.33 Å². The lowest BCUT2D eigenvalue weighted by Crippen LogP contribution is -2.40. The first-order chi connectivity index (χ1) is 7.36. The van der Waals surface area contributed by atoms with Crippen molar-refractivity contribution in [3.63, 3.8) is 0 Å². The average molecular weight is 224 g/mol. The summed E-state index contributed by atoms with van der Waals surface area (Å²) in [5, 5.41) is 7.63. The van der Waals surface area contributed by atoms with Crippen LogP contribution in [0.15, 0.2) is 6.33 Å². The average Bonchev–Trinajstić information content (AvgIpc) is 2.59. The summed E-state index contributed by atoms with van der Waals surface area (Å²) in [6.45, 7) is 11.0. The Labute approximate surface area is 98.5 Å². The second kappa shape index (κ2) is 4.95. The smallest absolute Gasteiger partial charge is 0.138 e. The summed E-state index contributed by atoms with van der Waals surface area (Å²) in [6.07, 6.45) is 2.56. The van der Waals surface area contributed by atoms with Gasteiger partial charge in [-0.25, -0.2) is 9.67 Å². The van der Waals surface area contributed by atoms with Crippen LogP contribution in [0.2, 0.25) is 0 Å². The highest BCUT2D eigenvalue weighted by Crippen LogP contribution is 2.22. The van der Waals surface area contributed by atoms with Gasteiger partial charge in [-0.2, -0.15) is 5.10 Å². The van der Waals surface area contributed by atoms with Crippen molar-refractivity contribution < 1.29 is 0 Å². The summed E-state index contributed by atoms with van der Waals surface area (Å²) < 4.78 is 2.00. The largest absolute Gasteiger partial charge is 0.316 e. The number of nitrogens with zero attached hydrogens (tertiary/aromatic N) is 3. The quantitative estimate of drug-likeness (QED) is 0.851. The first kappa shape index (κ1) is 13.2. The number of nitrogens with one attached hydrogen (secondary N) is 1. The van der Waals surface area contributed by atoms with Crippen molar-refractivity contribution in [2.45, 2.75) is 53.1 Å². The molecule has 1 rings (SSSR count). The maximum absolute atomic E-state index is 4.35. The Morgan fingerprint density at radius 1 is 1.38 bits per heavy atom. The molecule has 0 amide bonds. The summed E-state index contributed by atoms with van der Waals surface area (Å²) in [7, 11) is 2.01. The standard InChI is InChI=1S/C12H24N4/c1-9(2)16-11(14-8-15-16)7-10(13-6)12(3,4)5/h8-10,13H,7H2,1-6H3. The van der Waals surface area contributed by atoms with Gasteiger partial charge in [0.05, 0.1) is 0 Å². The third kappa shape index (κ3) is 3.04. The van der Waals surface area contributed by atoms with Crippen molar-refractivity contribution >= 4 is 0 Å². The fourth-order valence-corrected chi connectivity index (χ4v) is 1.88. The second-order valence-electron chi connectivity index (χ2n) is 5.63. The van der Waals surface area contributed by atoms with E-state index in [0.717, 1.165) is 12.2 Å². The van der Waals surface area contributed by atoms with Gasteiger partial charge >= 0.3 is 0 Å². The summed E-state index contributed by atoms with van der Waals surface area (Å²) in [4.78, 5) is 4.35. The third-order valence-electron chi connectivity index (χ3n) is 2.92. The highest BCUT2D eigenvalue weighted by Gasteiger charge is 2.25. The van der Waals surface area contributed by atoms with Crippen LogP contribution in [-0.2, 0) is 6.42 Å². The fraction of sp³-hybridized carbons (Fsp3) is 0.833. The van der Waals surface area contributed by atoms with Gasteiger partial charge in [-0.3, -0.25) is 0 Å². The zero-order valence-corrected chi connectivity index (χ0v) is 11.3. The van der Waals surface area contributed by atoms with Gasteiger partial charge in [-0.1, -0.05) is 20.8 Å². The molecule has 1 heterocycles. The van der Waals surface area contributed by atoms with E-state index >= 15 is 0 Å². The molecule has 0 aromatic carbocycles. The molecule has 0 spiro atoms. The normalized spacial score (nSPS) is 14.4. The lowest BCUT2D eigenvalue weighted by Gasteiger charge is -2.30. The lowest BCUT2D eigenvalue weighted by molar-refractivity contribution is 0.272. The van der Waals surface area contributed by atoms with Crippen molar-refractivity contribution in [3.8, 4) is 0 Å². The molecule has 92 valence electrons. The van der Waals surface area contributed by atoms with Gasteiger partial charge in [-0.15, -0.1) is 0 Å². The minimum absolute atomic E-state index is 0.225. The van der Waals surface area contributed by atoms with Gasteiger partial charge < -0.3 is 5.32 Å². The lowest BCUT2D eigenvalue weighted by atomic mass is 9.84. The topological polar surface area (TPSA) is 42.7 Å². The number of likely N-dealkylation sites (N-methyl/N-ethyl adjacent to an activating group) is 1. The molecule has 1 unspecified atom stereocenters. The Morgan fingerprint density at radius 2 is 2.00 bits per heavy atom. The van der Waals surface area contributed by atoms with Crippen molar-refractivity contribution in [2.24, 2.45) is 5.41 Å². The molecule has 0 saturated heterocycles. The van der Waals surface area contributed by atoms with E-state index in [0.29, 0.717) is 12.1 Å². The van der Waals surface area contributed by atoms with Crippen LogP contribution in [0.25, 0.3) is 0 Å². The van der Waals surface area contributed by atoms with E-state index in [4.69, 9.17) is 0 Å². The van der Waals surface area contributed by atoms with E-state index in [1.165, 1.54) is 0 Å². The maximum atomic E-state index is 4.35. The second-order valence-corrected chi connectivity index (χ2v) is 5.63. The molecule has 1 atom stereocenters. The van der Waals surface area contributed by atoms with Gasteiger partial charge in [-0.05, 0) is 26.3 Å². The number of aromatic nitrogens is 3. The maximum Gasteiger partial charge on any atom is 0.138 e. The minimum atomic E-state index is 0.225. The van der Waals surface area contributed by atoms with Crippen LogP contribution in [0.3, 0.4) is 0 Å². The van der Waals surface area contributed by atoms with Crippen molar-refractivity contribution in [2.75, 3.05) is 7.05 Å². The van der Waals surface area contributed by atoms with Gasteiger partial charge in [0.25, 0.3) is 0 Å². The molecule has 0 bridgehead atoms. The van der Waals surface area contributed by atoms with Crippen LogP contribution in [0.1, 0.15) is 46.5 Å². The summed E-state index contributed by atoms with van der Waals surface area (Å²) >= 11 is 0. The summed E-state index contributed by atoms with van der Waals surface area (Å²) in [5.74, 6) is 1.06. The van der Waals surface area contributed by atoms with E-state index in [-0.39, 0.29) is 5.41 Å². The first-order valence-electron chi connectivity index (χ1n) is 5.92. The molecule has 1 aromatic rings. The van der Waals surface area contributed by atoms with Crippen LogP contribution in [-0.4, -0.2) is 27.9 Å². The van der Waals surface area contributed by atoms with Gasteiger partial charge in [0.2, 0.25) is 0 Å². The molecule has 0 radical (unpaired) electrons. The molecular formula is C12H24N4. The van der Waals surface area contributed by atoms with E-state index in [9.17, 15) is 0 Å². The highest BCUT2D eigenvalue weighted by molar-refractivity contribution is 4.94. The molecule has 1 aromatic heterocycles. The fourth-order valence-electron chi connectivity index (χ4n) is 1.88. The monoisotopic (exact) mass is 224 g/mol. The van der Waals surface area contributed by atoms with Crippen molar-refractivity contribution in [1.82, 2.24) is 20.1 Å². The summed E-state index contributed by atoms with van der Waals surface area (Å²) in [6, 6.07) is 0.782. The Kier molecular flexibility index (Phi) is 4.08. The van der Waals surface area contributed by atoms with Crippen LogP contribution in [0.5, 0.6) is 0 Å². The Hall–Kier alpha value is -0.900. The molecular weight excluding hydrogens is 200 g/mol. The Bertz CT molecular complexity index is 322. The molecule has 0 saturated carbocycles. The van der Waals surface area contributed by atoms with E-state index in [1.807, 2.05) is 11.7 Å². The number of hydrogen-bond acceptors (Lipinski definition) is 3. The summed E-state index contributed by atoms with van der Waals surface area (Å²) in [5.41, 5.74) is 0.225. The molecule has 4 nitrogen and oxygen atoms in total. The van der Waals surface area contributed by atoms with E-state index < -0.39 is 0 Å². The first-order valence-corrected chi connectivity index (χ1v) is 5.92. The zero-order chi connectivity index (χ0) is 12.3. The SMILES string of the molecule is CNC(Cc1ncnn1C(C)C)C(C)(C)C. The van der Waals surface area contributed by atoms with Crippen LogP contribution in [0.4, 0.5) is 0 Å². The number of hydrogen-bond donors (Lipinski definition) is 1. The zero-order valence-electron chi connectivity index (χ0n) is 11.3. The van der Waals surface area contributed by atoms with Gasteiger partial charge in [0.1, 0.15) is 12.2 Å². The van der Waals surface area contributed by atoms with Crippen molar-refractivity contribution in [3.05, 3.63) is 12.2 Å². The molecule has 1 N–H and O–H groups in total. The van der Waals surface area contributed by atoms with E-state index in [2.05, 4.69) is 50.0 Å². The predicted octanol–water partition coefficient (Wildman–Crippen LogP) is 2.04. The van der Waals surface area contributed by atoms with Crippen LogP contribution < -0.4 is 5.32 Å². The van der Waals surface area contributed by atoms with Crippen LogP contribution in [0, 0.1) is 5.41 Å². The minimum Gasteiger partial charge on any atom is -0.316 e. The highest BCUT2D eigenvalue weighted by atomic mass is 15.3. The Balaban J connectivity index is 2.82. The van der Waals surface area contributed by atoms with Crippen LogP contribution >= 0.6 is 0 Å². The Morgan fingerprint density at radius 3 is 2.44 bits per heavy atom. The third-order valence-corrected chi connectivity index (χ3v) is 2.92. The van der Waals surface area contributed by atoms with Crippen molar-refractivity contribution in [1.29, 1.82) is 0 Å². The molecule has 0 aliphatic rings. The van der Waals surface area contributed by atoms with Gasteiger partial charge in [0.15, 0.2) is 0 Å². The van der Waals surface area contributed by atoms with Gasteiger partial charge in [0, 0.05) is 18.5 Å². The predicted molar refractivity (Wildman–Crippen MR) is 66.4 cm³/mol. The molecule has 0 fully saturated rings. The number of rotatable bonds is 4. The molecule has 0 aliphatic carbocycles.